The molecule has 0 unspecified atom stereocenters. The third kappa shape index (κ3) is 2.85. The van der Waals surface area contributed by atoms with Gasteiger partial charge in [-0.05, 0) is 36.4 Å². The minimum Gasteiger partial charge on any atom is -0.507 e. The average Bonchev–Trinajstić information content (AvgIpc) is 2.92. The fourth-order valence-electron chi connectivity index (χ4n) is 2.29. The van der Waals surface area contributed by atoms with Crippen LogP contribution in [-0.2, 0) is 6.18 Å². The van der Waals surface area contributed by atoms with E-state index in [-0.39, 0.29) is 17.0 Å². The first-order valence-corrected chi connectivity index (χ1v) is 6.64. The van der Waals surface area contributed by atoms with Crippen LogP contribution in [-0.4, -0.2) is 16.0 Å². The predicted molar refractivity (Wildman–Crippen MR) is 79.4 cm³/mol. The van der Waals surface area contributed by atoms with Crippen LogP contribution in [0.2, 0.25) is 0 Å². The lowest BCUT2D eigenvalue weighted by Crippen LogP contribution is -2.12. The van der Waals surface area contributed by atoms with Crippen LogP contribution in [0.4, 0.5) is 18.9 Å². The van der Waals surface area contributed by atoms with E-state index in [1.807, 2.05) is 0 Å². The number of carbonyl (C=O) groups excluding carboxylic acids is 1. The number of alkyl halides is 3. The Morgan fingerprint density at radius 1 is 1.09 bits per heavy atom. The fraction of sp³-hybridized carbons (Fsp3) is 0.0625. The Hall–Kier alpha value is -2.96. The van der Waals surface area contributed by atoms with Gasteiger partial charge in [0.25, 0.3) is 5.91 Å². The van der Waals surface area contributed by atoms with E-state index in [9.17, 15) is 23.1 Å². The summed E-state index contributed by atoms with van der Waals surface area (Å²) in [4.78, 5) is 15.1. The van der Waals surface area contributed by atoms with Crippen molar-refractivity contribution in [2.45, 2.75) is 6.18 Å². The molecule has 7 heteroatoms. The van der Waals surface area contributed by atoms with E-state index in [1.165, 1.54) is 24.4 Å². The maximum atomic E-state index is 12.5. The number of anilines is 1. The lowest BCUT2D eigenvalue weighted by molar-refractivity contribution is -0.137. The van der Waals surface area contributed by atoms with Crippen molar-refractivity contribution in [2.75, 3.05) is 5.32 Å². The minimum atomic E-state index is -4.43. The number of amides is 1. The second-order valence-electron chi connectivity index (χ2n) is 4.93. The number of aromatic amines is 1. The molecule has 23 heavy (non-hydrogen) atoms. The number of phenols is 1. The van der Waals surface area contributed by atoms with Crippen molar-refractivity contribution >= 4 is 22.5 Å². The van der Waals surface area contributed by atoms with Crippen molar-refractivity contribution in [1.29, 1.82) is 0 Å². The highest BCUT2D eigenvalue weighted by Crippen LogP contribution is 2.31. The molecule has 0 bridgehead atoms. The normalized spacial score (nSPS) is 11.6. The van der Waals surface area contributed by atoms with Crippen LogP contribution in [0.3, 0.4) is 0 Å². The predicted octanol–water partition coefficient (Wildman–Crippen LogP) is 4.14. The number of halogens is 3. The number of phenolic OH excluding ortho intramolecular Hbond substituents is 1. The first-order chi connectivity index (χ1) is 10.9. The van der Waals surface area contributed by atoms with Gasteiger partial charge in [-0.2, -0.15) is 13.2 Å². The van der Waals surface area contributed by atoms with Gasteiger partial charge >= 0.3 is 6.18 Å². The van der Waals surface area contributed by atoms with E-state index in [0.717, 1.165) is 12.1 Å². The lowest BCUT2D eigenvalue weighted by atomic mass is 10.1. The molecule has 0 atom stereocenters. The Kier molecular flexibility index (Phi) is 3.48. The molecule has 0 saturated heterocycles. The van der Waals surface area contributed by atoms with Gasteiger partial charge in [0.15, 0.2) is 0 Å². The third-order valence-corrected chi connectivity index (χ3v) is 3.40. The van der Waals surface area contributed by atoms with Crippen LogP contribution < -0.4 is 5.32 Å². The molecule has 1 amide bonds. The lowest BCUT2D eigenvalue weighted by Gasteiger charge is -2.08. The summed E-state index contributed by atoms with van der Waals surface area (Å²) in [6, 6.07) is 8.91. The highest BCUT2D eigenvalue weighted by Gasteiger charge is 2.30. The summed E-state index contributed by atoms with van der Waals surface area (Å²) >= 11 is 0. The molecule has 1 heterocycles. The number of fused-ring (bicyclic) bond motifs is 1. The van der Waals surface area contributed by atoms with Crippen LogP contribution >= 0.6 is 0 Å². The number of hydrogen-bond acceptors (Lipinski definition) is 2. The summed E-state index contributed by atoms with van der Waals surface area (Å²) in [6.45, 7) is 0. The number of nitrogens with one attached hydrogen (secondary N) is 2. The zero-order valence-corrected chi connectivity index (χ0v) is 11.6. The summed E-state index contributed by atoms with van der Waals surface area (Å²) < 4.78 is 37.5. The van der Waals surface area contributed by atoms with Gasteiger partial charge in [0.05, 0.1) is 16.5 Å². The molecule has 0 aliphatic rings. The molecular weight excluding hydrogens is 309 g/mol. The molecular formula is C16H11F3N2O2. The molecule has 1 aromatic heterocycles. The van der Waals surface area contributed by atoms with Crippen LogP contribution in [0.25, 0.3) is 10.9 Å². The molecule has 0 spiro atoms. The molecule has 3 rings (SSSR count). The quantitative estimate of drug-likeness (QED) is 0.664. The van der Waals surface area contributed by atoms with Crippen LogP contribution in [0, 0.1) is 0 Å². The maximum Gasteiger partial charge on any atom is 0.416 e. The van der Waals surface area contributed by atoms with Crippen molar-refractivity contribution < 1.29 is 23.1 Å². The Morgan fingerprint density at radius 3 is 2.43 bits per heavy atom. The first-order valence-electron chi connectivity index (χ1n) is 6.64. The monoisotopic (exact) mass is 320 g/mol. The van der Waals surface area contributed by atoms with Gasteiger partial charge in [-0.25, -0.2) is 0 Å². The van der Waals surface area contributed by atoms with Crippen molar-refractivity contribution in [3.63, 3.8) is 0 Å². The van der Waals surface area contributed by atoms with E-state index in [0.29, 0.717) is 10.9 Å². The first kappa shape index (κ1) is 15.0. The van der Waals surface area contributed by atoms with E-state index < -0.39 is 17.6 Å². The van der Waals surface area contributed by atoms with Crippen LogP contribution in [0.15, 0.2) is 48.7 Å². The standard InChI is InChI=1S/C16H11F3N2O2/c17-16(18,19)9-4-6-10(7-5-9)21-15(23)11-8-20-12-2-1-3-13(22)14(11)12/h1-8,20,22H,(H,21,23). The van der Waals surface area contributed by atoms with E-state index in [1.54, 1.807) is 12.1 Å². The van der Waals surface area contributed by atoms with Crippen LogP contribution in [0.5, 0.6) is 5.75 Å². The maximum absolute atomic E-state index is 12.5. The van der Waals surface area contributed by atoms with Gasteiger partial charge in [-0.3, -0.25) is 4.79 Å². The van der Waals surface area contributed by atoms with Crippen molar-refractivity contribution in [3.8, 4) is 5.75 Å². The molecule has 2 aromatic carbocycles. The van der Waals surface area contributed by atoms with Gasteiger partial charge in [0.1, 0.15) is 5.75 Å². The van der Waals surface area contributed by atoms with Gasteiger partial charge in [0.2, 0.25) is 0 Å². The number of aromatic hydroxyl groups is 1. The molecule has 0 aliphatic heterocycles. The molecule has 0 aliphatic carbocycles. The molecule has 4 nitrogen and oxygen atoms in total. The van der Waals surface area contributed by atoms with Gasteiger partial charge in [-0.1, -0.05) is 6.07 Å². The second-order valence-corrected chi connectivity index (χ2v) is 4.93. The number of rotatable bonds is 2. The average molecular weight is 320 g/mol. The SMILES string of the molecule is O=C(Nc1ccc(C(F)(F)F)cc1)c1c[nH]c2cccc(O)c12. The summed E-state index contributed by atoms with van der Waals surface area (Å²) in [6.07, 6.45) is -2.99. The van der Waals surface area contributed by atoms with Gasteiger partial charge in [-0.15, -0.1) is 0 Å². The van der Waals surface area contributed by atoms with Crippen molar-refractivity contribution in [3.05, 3.63) is 59.8 Å². The molecule has 3 aromatic rings. The Balaban J connectivity index is 1.86. The topological polar surface area (TPSA) is 65.1 Å². The molecule has 118 valence electrons. The van der Waals surface area contributed by atoms with E-state index in [2.05, 4.69) is 10.3 Å². The Morgan fingerprint density at radius 2 is 1.78 bits per heavy atom. The summed E-state index contributed by atoms with van der Waals surface area (Å²) in [5.74, 6) is -0.584. The fourth-order valence-corrected chi connectivity index (χ4v) is 2.29. The molecule has 0 radical (unpaired) electrons. The third-order valence-electron chi connectivity index (χ3n) is 3.40. The highest BCUT2D eigenvalue weighted by molar-refractivity contribution is 6.14. The Labute approximate surface area is 128 Å². The van der Waals surface area contributed by atoms with Gasteiger partial charge < -0.3 is 15.4 Å². The molecule has 0 saturated carbocycles. The second kappa shape index (κ2) is 5.35. The van der Waals surface area contributed by atoms with E-state index >= 15 is 0 Å². The summed E-state index contributed by atoms with van der Waals surface area (Å²) in [5.41, 5.74) is 0.230. The molecule has 3 N–H and O–H groups in total. The molecule has 0 fully saturated rings. The largest absolute Gasteiger partial charge is 0.507 e. The van der Waals surface area contributed by atoms with E-state index in [4.69, 9.17) is 0 Å². The number of carbonyl (C=O) groups is 1. The zero-order valence-electron chi connectivity index (χ0n) is 11.6. The Bertz CT molecular complexity index is 867. The summed E-state index contributed by atoms with van der Waals surface area (Å²) in [7, 11) is 0. The van der Waals surface area contributed by atoms with Crippen molar-refractivity contribution in [1.82, 2.24) is 4.98 Å². The minimum absolute atomic E-state index is 0.0543. The van der Waals surface area contributed by atoms with Crippen LogP contribution in [0.1, 0.15) is 15.9 Å². The zero-order chi connectivity index (χ0) is 16.6. The highest BCUT2D eigenvalue weighted by atomic mass is 19.4. The number of H-pyrrole nitrogens is 1. The number of hydrogen-bond donors (Lipinski definition) is 3. The number of aromatic nitrogens is 1. The smallest absolute Gasteiger partial charge is 0.416 e. The number of benzene rings is 2. The van der Waals surface area contributed by atoms with Crippen molar-refractivity contribution in [2.24, 2.45) is 0 Å². The van der Waals surface area contributed by atoms with Gasteiger partial charge in [0, 0.05) is 17.4 Å². The summed E-state index contributed by atoms with van der Waals surface area (Å²) in [5, 5.41) is 12.7.